The number of hydrogen-bond acceptors (Lipinski definition) is 3. The van der Waals surface area contributed by atoms with Gasteiger partial charge in [0.05, 0.1) is 5.56 Å². The molecule has 2 unspecified atom stereocenters. The molecule has 18 heavy (non-hydrogen) atoms. The molecule has 0 heterocycles. The molecule has 0 amide bonds. The van der Waals surface area contributed by atoms with Gasteiger partial charge < -0.3 is 10.1 Å². The van der Waals surface area contributed by atoms with E-state index in [4.69, 9.17) is 10.00 Å². The second-order valence-electron chi connectivity index (χ2n) is 4.59. The van der Waals surface area contributed by atoms with Crippen LogP contribution < -0.4 is 10.1 Å². The largest absolute Gasteiger partial charge is 0.487 e. The minimum absolute atomic E-state index is 0.0568. The van der Waals surface area contributed by atoms with Crippen LogP contribution in [0.15, 0.2) is 18.2 Å². The molecular formula is C14H17FN2O. The van der Waals surface area contributed by atoms with E-state index in [2.05, 4.69) is 5.32 Å². The molecule has 4 heteroatoms. The Morgan fingerprint density at radius 2 is 2.17 bits per heavy atom. The number of hydrogen-bond donors (Lipinski definition) is 1. The smallest absolute Gasteiger partial charge is 0.137 e. The van der Waals surface area contributed by atoms with Crippen molar-refractivity contribution in [2.75, 3.05) is 7.05 Å². The number of rotatable bonds is 3. The molecule has 0 aliphatic heterocycles. The maximum absolute atomic E-state index is 13.0. The number of likely N-dealkylation sites (N-methyl/N-ethyl adjacent to an activating group) is 1. The highest BCUT2D eigenvalue weighted by atomic mass is 19.1. The molecule has 0 spiro atoms. The van der Waals surface area contributed by atoms with Gasteiger partial charge in [-0.3, -0.25) is 0 Å². The lowest BCUT2D eigenvalue weighted by Crippen LogP contribution is -2.43. The molecule has 3 nitrogen and oxygen atoms in total. The Balaban J connectivity index is 2.15. The van der Waals surface area contributed by atoms with Crippen LogP contribution in [0.5, 0.6) is 5.75 Å². The first-order chi connectivity index (χ1) is 8.74. The van der Waals surface area contributed by atoms with E-state index in [1.54, 1.807) is 0 Å². The first kappa shape index (κ1) is 12.8. The van der Waals surface area contributed by atoms with Gasteiger partial charge in [0.1, 0.15) is 23.7 Å². The van der Waals surface area contributed by atoms with E-state index in [9.17, 15) is 4.39 Å². The second kappa shape index (κ2) is 5.83. The van der Waals surface area contributed by atoms with Crippen LogP contribution in [0.1, 0.15) is 31.2 Å². The molecule has 0 saturated heterocycles. The first-order valence-corrected chi connectivity index (χ1v) is 6.28. The summed E-state index contributed by atoms with van der Waals surface area (Å²) in [6.07, 6.45) is 4.42. The molecule has 0 bridgehead atoms. The zero-order valence-electron chi connectivity index (χ0n) is 10.4. The topological polar surface area (TPSA) is 45.0 Å². The van der Waals surface area contributed by atoms with Gasteiger partial charge in [-0.15, -0.1) is 0 Å². The lowest BCUT2D eigenvalue weighted by Gasteiger charge is -2.31. The van der Waals surface area contributed by atoms with Crippen molar-refractivity contribution in [3.8, 4) is 11.8 Å². The molecule has 2 atom stereocenters. The normalized spacial score (nSPS) is 23.4. The summed E-state index contributed by atoms with van der Waals surface area (Å²) in [6, 6.07) is 6.35. The maximum Gasteiger partial charge on any atom is 0.137 e. The van der Waals surface area contributed by atoms with Crippen molar-refractivity contribution in [3.63, 3.8) is 0 Å². The fraction of sp³-hybridized carbons (Fsp3) is 0.500. The average molecular weight is 248 g/mol. The molecule has 1 fully saturated rings. The Labute approximate surface area is 107 Å². The first-order valence-electron chi connectivity index (χ1n) is 6.28. The average Bonchev–Trinajstić information content (AvgIpc) is 2.41. The van der Waals surface area contributed by atoms with E-state index in [1.807, 2.05) is 13.1 Å². The van der Waals surface area contributed by atoms with E-state index in [0.29, 0.717) is 11.8 Å². The van der Waals surface area contributed by atoms with Crippen LogP contribution in [0.4, 0.5) is 4.39 Å². The summed E-state index contributed by atoms with van der Waals surface area (Å²) >= 11 is 0. The number of halogens is 1. The number of nitriles is 1. The number of nitrogens with one attached hydrogen (secondary N) is 1. The number of benzene rings is 1. The zero-order chi connectivity index (χ0) is 13.0. The zero-order valence-corrected chi connectivity index (χ0v) is 10.4. The molecule has 0 radical (unpaired) electrons. The molecule has 0 aromatic heterocycles. The van der Waals surface area contributed by atoms with E-state index in [1.165, 1.54) is 24.6 Å². The molecule has 96 valence electrons. The minimum atomic E-state index is -0.410. The summed E-state index contributed by atoms with van der Waals surface area (Å²) in [7, 11) is 1.92. The SMILES string of the molecule is CNC1CCCCC1Oc1ccc(F)cc1C#N. The van der Waals surface area contributed by atoms with Gasteiger partial charge in [-0.1, -0.05) is 6.42 Å². The Hall–Kier alpha value is -1.60. The standard InChI is InChI=1S/C14H17FN2O/c1-17-12-4-2-3-5-14(12)18-13-7-6-11(15)8-10(13)9-16/h6-8,12,14,17H,2-5H2,1H3. The summed E-state index contributed by atoms with van der Waals surface area (Å²) in [4.78, 5) is 0. The minimum Gasteiger partial charge on any atom is -0.487 e. The third kappa shape index (κ3) is 2.80. The van der Waals surface area contributed by atoms with Crippen LogP contribution >= 0.6 is 0 Å². The highest BCUT2D eigenvalue weighted by Gasteiger charge is 2.26. The van der Waals surface area contributed by atoms with Crippen molar-refractivity contribution < 1.29 is 9.13 Å². The molecular weight excluding hydrogens is 231 g/mol. The molecule has 2 rings (SSSR count). The highest BCUT2D eigenvalue weighted by Crippen LogP contribution is 2.26. The lowest BCUT2D eigenvalue weighted by molar-refractivity contribution is 0.117. The van der Waals surface area contributed by atoms with Crippen LogP contribution in [0.3, 0.4) is 0 Å². The van der Waals surface area contributed by atoms with E-state index in [0.717, 1.165) is 19.3 Å². The van der Waals surface area contributed by atoms with Crippen LogP contribution in [0, 0.1) is 17.1 Å². The third-order valence-electron chi connectivity index (χ3n) is 3.41. The summed E-state index contributed by atoms with van der Waals surface area (Å²) in [6.45, 7) is 0. The van der Waals surface area contributed by atoms with Crippen LogP contribution in [0.2, 0.25) is 0 Å². The van der Waals surface area contributed by atoms with Gasteiger partial charge in [-0.25, -0.2) is 4.39 Å². The van der Waals surface area contributed by atoms with Crippen molar-refractivity contribution in [2.24, 2.45) is 0 Å². The van der Waals surface area contributed by atoms with Crippen molar-refractivity contribution >= 4 is 0 Å². The van der Waals surface area contributed by atoms with Crippen molar-refractivity contribution in [3.05, 3.63) is 29.6 Å². The Morgan fingerprint density at radius 1 is 1.39 bits per heavy atom. The summed E-state index contributed by atoms with van der Waals surface area (Å²) < 4.78 is 18.9. The Kier molecular flexibility index (Phi) is 4.16. The van der Waals surface area contributed by atoms with Crippen molar-refractivity contribution in [1.82, 2.24) is 5.32 Å². The van der Waals surface area contributed by atoms with Gasteiger partial charge in [0.25, 0.3) is 0 Å². The number of nitrogens with zero attached hydrogens (tertiary/aromatic N) is 1. The van der Waals surface area contributed by atoms with Gasteiger partial charge in [0.15, 0.2) is 0 Å². The quantitative estimate of drug-likeness (QED) is 0.894. The van der Waals surface area contributed by atoms with E-state index >= 15 is 0 Å². The van der Waals surface area contributed by atoms with Crippen molar-refractivity contribution in [1.29, 1.82) is 5.26 Å². The predicted octanol–water partition coefficient (Wildman–Crippen LogP) is 2.61. The molecule has 1 aromatic rings. The molecule has 1 N–H and O–H groups in total. The molecule has 1 aliphatic rings. The van der Waals surface area contributed by atoms with Crippen LogP contribution in [-0.4, -0.2) is 19.2 Å². The fourth-order valence-electron chi connectivity index (χ4n) is 2.42. The monoisotopic (exact) mass is 248 g/mol. The third-order valence-corrected chi connectivity index (χ3v) is 3.41. The van der Waals surface area contributed by atoms with Crippen LogP contribution in [0.25, 0.3) is 0 Å². The molecule has 1 saturated carbocycles. The summed E-state index contributed by atoms with van der Waals surface area (Å²) in [5, 5.41) is 12.2. The van der Waals surface area contributed by atoms with E-state index < -0.39 is 5.82 Å². The van der Waals surface area contributed by atoms with Crippen molar-refractivity contribution in [2.45, 2.75) is 37.8 Å². The predicted molar refractivity (Wildman–Crippen MR) is 66.8 cm³/mol. The Bertz CT molecular complexity index is 456. The molecule has 1 aliphatic carbocycles. The maximum atomic E-state index is 13.0. The fourth-order valence-corrected chi connectivity index (χ4v) is 2.42. The second-order valence-corrected chi connectivity index (χ2v) is 4.59. The van der Waals surface area contributed by atoms with E-state index in [-0.39, 0.29) is 11.7 Å². The molecule has 1 aromatic carbocycles. The summed E-state index contributed by atoms with van der Waals surface area (Å²) in [5.41, 5.74) is 0.260. The summed E-state index contributed by atoms with van der Waals surface area (Å²) in [5.74, 6) is 0.0683. The highest BCUT2D eigenvalue weighted by molar-refractivity contribution is 5.43. The lowest BCUT2D eigenvalue weighted by atomic mass is 9.92. The van der Waals surface area contributed by atoms with Gasteiger partial charge >= 0.3 is 0 Å². The van der Waals surface area contributed by atoms with Gasteiger partial charge in [0.2, 0.25) is 0 Å². The Morgan fingerprint density at radius 3 is 2.89 bits per heavy atom. The van der Waals surface area contributed by atoms with Gasteiger partial charge in [0, 0.05) is 6.04 Å². The van der Waals surface area contributed by atoms with Gasteiger partial charge in [-0.2, -0.15) is 5.26 Å². The van der Waals surface area contributed by atoms with Gasteiger partial charge in [-0.05, 0) is 44.5 Å². The number of ether oxygens (including phenoxy) is 1. The van der Waals surface area contributed by atoms with Crippen LogP contribution in [-0.2, 0) is 0 Å².